The zero-order valence-corrected chi connectivity index (χ0v) is 86.0. The first-order valence-corrected chi connectivity index (χ1v) is 51.7. The van der Waals surface area contributed by atoms with Gasteiger partial charge < -0.3 is 81.8 Å². The number of carbonyl (C=O) groups excluding carboxylic acids is 11. The SMILES string of the molecule is C=CCOC(=O)[C@H](CCSC[C@H](NC(=O)[C@H](CCC(=O)NC(c1ccccc1)(c1ccccc1)c1ccccc1)NC(=O)[C@H](Cc1c[nH]c2ccccc12)NC(=O)[C@@H](NC(=O)[C@H](CCC(=O)NC(c1ccccc1)(c1ccccc1)c1ccccc1)NC(=O)OCC1c2ccccc2-c2ccccc21)[C@@H](C)OC(C)(C)C)C(=O)OC)NC(=O)[C@@H](CCCNC(=N)NS(=O)(=O)c1c(C)c(C)c2c(c1C)CC(C)(C)O2)NC(C)=O. The molecule has 0 spiro atoms. The Hall–Kier alpha value is -15.2. The number of hydrogen-bond donors (Lipinski definition) is 13. The molecule has 10 aromatic carbocycles. The Labute approximate surface area is 861 Å². The number of fused-ring (bicyclic) bond motifs is 5. The summed E-state index contributed by atoms with van der Waals surface area (Å²) in [7, 11) is -3.21. The molecule has 770 valence electrons. The third-order valence-corrected chi connectivity index (χ3v) is 28.9. The van der Waals surface area contributed by atoms with E-state index in [0.29, 0.717) is 78.7 Å². The number of hydrogen-bond acceptors (Lipinski definition) is 20. The van der Waals surface area contributed by atoms with Crippen molar-refractivity contribution in [1.29, 1.82) is 5.41 Å². The number of ether oxygens (including phenoxy) is 5. The normalized spacial score (nSPS) is 14.2. The van der Waals surface area contributed by atoms with Crippen molar-refractivity contribution in [3.63, 3.8) is 0 Å². The third-order valence-electron chi connectivity index (χ3n) is 26.2. The number of aromatic nitrogens is 1. The molecule has 9 amide bonds. The molecule has 0 bridgehead atoms. The molecule has 11 aromatic rings. The lowest BCUT2D eigenvalue weighted by molar-refractivity contribution is -0.147. The Kier molecular flexibility index (Phi) is 36.8. The Bertz CT molecular complexity index is 6430. The standard InChI is InChI=1S/C114H129N13O18S2/c1-13-64-142-108(137)94(120-102(131)91(118-75(6)128)57-38-63-116-109(115)127-147(139,140)101-72(3)71(2)100-88(73(101)4)67-112(10,11)145-100)62-65-146-70-96(107(136)141-12)122-103(132)92(58-60-97(129)125-113(77-39-20-14-21-40-77,78-41-22-15-23-42-78)79-43-24-16-25-44-79)119-105(134)95(66-76-68-117-90-56-37-36-51-83(76)90)121-106(135)99(74(5)144-111(7,8)9)124-104(133)93(123-110(138)143-69-89-86-54-34-32-52-84(86)85-53-33-35-55-87(85)89)59-61-98(130)126-114(80-45-26-17-27-46-80,81-47-28-18-29-48-81)82-49-30-19-31-50-82/h13-37,39-56,68,74,89,91-96,99,117H,1,38,57-67,69-70H2,2-12H3,(H,118,128)(H,119,134)(H,120,131)(H,121,135)(H,122,132)(H,123,138)(H,124,133)(H,125,129)(H,126,130)(H3,115,116,127)/t74-,91-,92+,93+,94+,95+,96+,99+/m1/s1. The molecule has 13 N–H and O–H groups in total. The number of rotatable bonds is 47. The molecule has 0 radical (unpaired) electrons. The molecule has 147 heavy (non-hydrogen) atoms. The number of esters is 2. The highest BCUT2D eigenvalue weighted by molar-refractivity contribution is 7.99. The number of thioether (sulfide) groups is 1. The van der Waals surface area contributed by atoms with E-state index in [1.807, 2.05) is 250 Å². The van der Waals surface area contributed by atoms with Gasteiger partial charge in [-0.15, -0.1) is 0 Å². The van der Waals surface area contributed by atoms with Gasteiger partial charge in [-0.3, -0.25) is 43.8 Å². The number of methoxy groups -OCH3 is 1. The smallest absolute Gasteiger partial charge is 0.407 e. The quantitative estimate of drug-likeness (QED) is 0.00320. The first-order chi connectivity index (χ1) is 70.4. The fraction of sp³-hybridized carbons (Fsp3) is 0.333. The molecule has 8 atom stereocenters. The summed E-state index contributed by atoms with van der Waals surface area (Å²) >= 11 is 1.04. The fourth-order valence-corrected chi connectivity index (χ4v) is 21.7. The van der Waals surface area contributed by atoms with E-state index in [1.54, 1.807) is 72.9 Å². The average molecular weight is 2030 g/mol. The second-order valence-corrected chi connectivity index (χ2v) is 41.0. The Morgan fingerprint density at radius 1 is 0.531 bits per heavy atom. The molecule has 0 unspecified atom stereocenters. The molecule has 1 aliphatic heterocycles. The van der Waals surface area contributed by atoms with Crippen LogP contribution in [0.4, 0.5) is 4.79 Å². The number of sulfonamides is 1. The van der Waals surface area contributed by atoms with E-state index in [1.165, 1.54) is 13.0 Å². The van der Waals surface area contributed by atoms with Crippen LogP contribution in [0.2, 0.25) is 0 Å². The van der Waals surface area contributed by atoms with Gasteiger partial charge in [0.25, 0.3) is 10.0 Å². The molecule has 2 aliphatic rings. The highest BCUT2D eigenvalue weighted by Gasteiger charge is 2.45. The maximum Gasteiger partial charge on any atom is 0.407 e. The number of amides is 9. The molecule has 13 rings (SSSR count). The zero-order chi connectivity index (χ0) is 105. The van der Waals surface area contributed by atoms with Gasteiger partial charge in [-0.05, 0) is 184 Å². The fourth-order valence-electron chi connectivity index (χ4n) is 19.2. The average Bonchev–Trinajstić information content (AvgIpc) is 1.63. The van der Waals surface area contributed by atoms with Crippen LogP contribution in [0.1, 0.15) is 172 Å². The molecular formula is C114H129N13O18S2. The largest absolute Gasteiger partial charge is 0.487 e. The summed E-state index contributed by atoms with van der Waals surface area (Å²) in [6.07, 6.45) is -1.06. The van der Waals surface area contributed by atoms with Gasteiger partial charge >= 0.3 is 18.0 Å². The number of alkyl carbamates (subject to hydrolysis) is 1. The number of benzene rings is 10. The van der Waals surface area contributed by atoms with Crippen LogP contribution < -0.4 is 62.6 Å². The van der Waals surface area contributed by atoms with Crippen LogP contribution in [0.5, 0.6) is 5.75 Å². The monoisotopic (exact) mass is 2030 g/mol. The van der Waals surface area contributed by atoms with E-state index < -0.39 is 177 Å². The predicted octanol–water partition coefficient (Wildman–Crippen LogP) is 13.5. The highest BCUT2D eigenvalue weighted by Crippen LogP contribution is 2.47. The molecule has 2 heterocycles. The number of guanidine groups is 1. The third kappa shape index (κ3) is 27.3. The van der Waals surface area contributed by atoms with E-state index in [9.17, 15) is 32.4 Å². The Morgan fingerprint density at radius 2 is 0.980 bits per heavy atom. The zero-order valence-electron chi connectivity index (χ0n) is 84.4. The summed E-state index contributed by atoms with van der Waals surface area (Å²) in [6, 6.07) is 67.7. The number of carbonyl (C=O) groups is 11. The van der Waals surface area contributed by atoms with Crippen molar-refractivity contribution in [2.45, 2.75) is 209 Å². The maximum atomic E-state index is 16.2. The number of aromatic amines is 1. The van der Waals surface area contributed by atoms with E-state index in [-0.39, 0.29) is 68.3 Å². The summed E-state index contributed by atoms with van der Waals surface area (Å²) in [5.74, 6) is -9.03. The van der Waals surface area contributed by atoms with Gasteiger partial charge in [0.2, 0.25) is 53.2 Å². The highest BCUT2D eigenvalue weighted by atomic mass is 32.2. The van der Waals surface area contributed by atoms with Gasteiger partial charge in [0.1, 0.15) is 77.9 Å². The van der Waals surface area contributed by atoms with Gasteiger partial charge in [0.15, 0.2) is 0 Å². The first kappa shape index (κ1) is 109. The van der Waals surface area contributed by atoms with Crippen molar-refractivity contribution in [2.24, 2.45) is 0 Å². The van der Waals surface area contributed by atoms with Gasteiger partial charge in [-0.25, -0.2) is 27.5 Å². The first-order valence-electron chi connectivity index (χ1n) is 49.1. The lowest BCUT2D eigenvalue weighted by Crippen LogP contribution is -2.62. The van der Waals surface area contributed by atoms with Crippen LogP contribution in [0.25, 0.3) is 22.0 Å². The summed E-state index contributed by atoms with van der Waals surface area (Å²) in [5.41, 5.74) is 7.19. The summed E-state index contributed by atoms with van der Waals surface area (Å²) in [5, 5.41) is 38.1. The van der Waals surface area contributed by atoms with E-state index in [4.69, 9.17) is 29.1 Å². The number of para-hydroxylation sites is 1. The molecule has 0 saturated carbocycles. The molecule has 0 saturated heterocycles. The molecular weight excluding hydrogens is 1900 g/mol. The lowest BCUT2D eigenvalue weighted by Gasteiger charge is -2.37. The Balaban J connectivity index is 0.775. The van der Waals surface area contributed by atoms with E-state index in [2.05, 4.69) is 69.5 Å². The lowest BCUT2D eigenvalue weighted by atomic mass is 9.77. The minimum Gasteiger partial charge on any atom is -0.487 e. The second kappa shape index (κ2) is 49.6. The molecule has 1 aliphatic carbocycles. The molecule has 1 aromatic heterocycles. The van der Waals surface area contributed by atoms with Gasteiger partial charge in [-0.1, -0.05) is 261 Å². The Morgan fingerprint density at radius 3 is 1.48 bits per heavy atom. The predicted molar refractivity (Wildman–Crippen MR) is 564 cm³/mol. The van der Waals surface area contributed by atoms with Crippen LogP contribution in [0.15, 0.2) is 279 Å². The molecule has 31 nitrogen and oxygen atoms in total. The van der Waals surface area contributed by atoms with E-state index in [0.717, 1.165) is 46.7 Å². The van der Waals surface area contributed by atoms with Gasteiger partial charge in [0, 0.05) is 73.5 Å². The van der Waals surface area contributed by atoms with Crippen LogP contribution >= 0.6 is 11.8 Å². The van der Waals surface area contributed by atoms with E-state index >= 15 is 28.8 Å². The van der Waals surface area contributed by atoms with Crippen molar-refractivity contribution < 1.29 is 84.8 Å². The second-order valence-electron chi connectivity index (χ2n) is 38.3. The summed E-state index contributed by atoms with van der Waals surface area (Å²) < 4.78 is 59.9. The van der Waals surface area contributed by atoms with Crippen LogP contribution in [0.3, 0.4) is 0 Å². The van der Waals surface area contributed by atoms with Crippen LogP contribution in [0, 0.1) is 26.2 Å². The molecule has 0 fully saturated rings. The van der Waals surface area contributed by atoms with Crippen LogP contribution in [-0.2, 0) is 101 Å². The van der Waals surface area contributed by atoms with Crippen molar-refractivity contribution in [3.05, 3.63) is 346 Å². The number of H-pyrrole nitrogens is 1. The van der Waals surface area contributed by atoms with Crippen molar-refractivity contribution in [3.8, 4) is 16.9 Å². The number of nitrogens with one attached hydrogen (secondary N) is 13. The van der Waals surface area contributed by atoms with Gasteiger partial charge in [0.05, 0.1) is 23.7 Å². The minimum atomic E-state index is -4.31. The molecule has 33 heteroatoms. The topological polar surface area (TPSA) is 440 Å². The van der Waals surface area contributed by atoms with Crippen molar-refractivity contribution in [2.75, 3.05) is 38.4 Å². The summed E-state index contributed by atoms with van der Waals surface area (Å²) in [6.45, 7) is 20.1. The van der Waals surface area contributed by atoms with Crippen molar-refractivity contribution in [1.82, 2.24) is 62.9 Å². The minimum absolute atomic E-state index is 0.0267. The van der Waals surface area contributed by atoms with Crippen LogP contribution in [-0.4, -0.2) is 183 Å². The van der Waals surface area contributed by atoms with Crippen molar-refractivity contribution >= 4 is 104 Å². The van der Waals surface area contributed by atoms with Gasteiger partial charge in [-0.2, -0.15) is 11.8 Å². The maximum absolute atomic E-state index is 16.2. The summed E-state index contributed by atoms with van der Waals surface area (Å²) in [4.78, 5) is 168.